The Bertz CT molecular complexity index is 145. The molecule has 13 heavy (non-hydrogen) atoms. The molecule has 0 aliphatic heterocycles. The van der Waals surface area contributed by atoms with Gasteiger partial charge in [-0.2, -0.15) is 5.26 Å². The van der Waals surface area contributed by atoms with Crippen LogP contribution in [0.25, 0.3) is 0 Å². The van der Waals surface area contributed by atoms with Crippen molar-refractivity contribution in [2.24, 2.45) is 0 Å². The summed E-state index contributed by atoms with van der Waals surface area (Å²) in [5, 5.41) is 8.36. The quantitative estimate of drug-likeness (QED) is 0.409. The van der Waals surface area contributed by atoms with Gasteiger partial charge in [0.15, 0.2) is 0 Å². The molecule has 0 aromatic carbocycles. The predicted octanol–water partition coefficient (Wildman–Crippen LogP) is 0.495. The van der Waals surface area contributed by atoms with Gasteiger partial charge < -0.3 is 9.47 Å². The monoisotopic (exact) mass is 186 g/mol. The molecule has 4 heteroatoms. The summed E-state index contributed by atoms with van der Waals surface area (Å²) in [6.07, 6.45) is 0.929. The lowest BCUT2D eigenvalue weighted by Gasteiger charge is -2.11. The van der Waals surface area contributed by atoms with E-state index in [0.717, 1.165) is 26.2 Å². The van der Waals surface area contributed by atoms with Crippen molar-refractivity contribution in [2.75, 3.05) is 47.1 Å². The molecular weight excluding hydrogens is 168 g/mol. The number of nitriles is 1. The minimum Gasteiger partial charge on any atom is -0.385 e. The first kappa shape index (κ1) is 12.4. The fourth-order valence-electron chi connectivity index (χ4n) is 0.828. The minimum absolute atomic E-state index is 0.460. The van der Waals surface area contributed by atoms with Gasteiger partial charge in [-0.25, -0.2) is 0 Å². The number of rotatable bonds is 8. The van der Waals surface area contributed by atoms with E-state index in [2.05, 4.69) is 6.07 Å². The molecule has 0 saturated carbocycles. The van der Waals surface area contributed by atoms with E-state index in [9.17, 15) is 0 Å². The van der Waals surface area contributed by atoms with Crippen LogP contribution in [0.15, 0.2) is 0 Å². The topological polar surface area (TPSA) is 45.5 Å². The molecule has 0 spiro atoms. The van der Waals surface area contributed by atoms with Crippen LogP contribution in [0.2, 0.25) is 0 Å². The van der Waals surface area contributed by atoms with E-state index in [1.807, 2.05) is 11.9 Å². The zero-order chi connectivity index (χ0) is 9.94. The second-order valence-electron chi connectivity index (χ2n) is 2.85. The molecule has 0 heterocycles. The van der Waals surface area contributed by atoms with Crippen LogP contribution >= 0.6 is 0 Å². The molecule has 0 atom stereocenters. The molecule has 0 aliphatic carbocycles. The highest BCUT2D eigenvalue weighted by Crippen LogP contribution is 1.85. The summed E-state index contributed by atoms with van der Waals surface area (Å²) >= 11 is 0. The van der Waals surface area contributed by atoms with Crippen LogP contribution < -0.4 is 0 Å². The maximum Gasteiger partial charge on any atom is 0.0864 e. The molecular formula is C9H18N2O2. The van der Waals surface area contributed by atoms with Crippen molar-refractivity contribution in [2.45, 2.75) is 6.42 Å². The SMILES string of the molecule is COCCCOCCN(C)CC#N. The number of methoxy groups -OCH3 is 1. The largest absolute Gasteiger partial charge is 0.385 e. The zero-order valence-corrected chi connectivity index (χ0v) is 8.45. The third-order valence-electron chi connectivity index (χ3n) is 1.60. The molecule has 0 amide bonds. The highest BCUT2D eigenvalue weighted by molar-refractivity contribution is 4.73. The maximum atomic E-state index is 8.36. The lowest BCUT2D eigenvalue weighted by molar-refractivity contribution is 0.0909. The van der Waals surface area contributed by atoms with Gasteiger partial charge in [0.2, 0.25) is 0 Å². The second kappa shape index (κ2) is 9.46. The Morgan fingerprint density at radius 3 is 2.69 bits per heavy atom. The Labute approximate surface area is 80.0 Å². The van der Waals surface area contributed by atoms with Crippen LogP contribution in [0, 0.1) is 11.3 Å². The van der Waals surface area contributed by atoms with Gasteiger partial charge in [-0.15, -0.1) is 0 Å². The molecule has 0 N–H and O–H groups in total. The Hall–Kier alpha value is -0.630. The van der Waals surface area contributed by atoms with E-state index < -0.39 is 0 Å². The first-order valence-electron chi connectivity index (χ1n) is 4.43. The minimum atomic E-state index is 0.460. The molecule has 0 aromatic rings. The number of likely N-dealkylation sites (N-methyl/N-ethyl adjacent to an activating group) is 1. The number of hydrogen-bond acceptors (Lipinski definition) is 4. The molecule has 0 unspecified atom stereocenters. The smallest absolute Gasteiger partial charge is 0.0864 e. The fourth-order valence-corrected chi connectivity index (χ4v) is 0.828. The van der Waals surface area contributed by atoms with Crippen molar-refractivity contribution in [3.8, 4) is 6.07 Å². The number of ether oxygens (including phenoxy) is 2. The second-order valence-corrected chi connectivity index (χ2v) is 2.85. The Kier molecular flexibility index (Phi) is 9.00. The first-order valence-corrected chi connectivity index (χ1v) is 4.43. The summed E-state index contributed by atoms with van der Waals surface area (Å²) in [7, 11) is 3.59. The molecule has 0 saturated heterocycles. The number of hydrogen-bond donors (Lipinski definition) is 0. The zero-order valence-electron chi connectivity index (χ0n) is 8.45. The summed E-state index contributed by atoms with van der Waals surface area (Å²) in [6, 6.07) is 2.08. The van der Waals surface area contributed by atoms with Crippen molar-refractivity contribution in [1.82, 2.24) is 4.90 Å². The van der Waals surface area contributed by atoms with Gasteiger partial charge in [0.1, 0.15) is 0 Å². The third-order valence-corrected chi connectivity index (χ3v) is 1.60. The van der Waals surface area contributed by atoms with E-state index in [-0.39, 0.29) is 0 Å². The Balaban J connectivity index is 3.03. The van der Waals surface area contributed by atoms with Crippen molar-refractivity contribution in [3.63, 3.8) is 0 Å². The van der Waals surface area contributed by atoms with E-state index in [4.69, 9.17) is 14.7 Å². The van der Waals surface area contributed by atoms with E-state index >= 15 is 0 Å². The first-order chi connectivity index (χ1) is 6.31. The normalized spacial score (nSPS) is 10.3. The van der Waals surface area contributed by atoms with Crippen molar-refractivity contribution in [3.05, 3.63) is 0 Å². The highest BCUT2D eigenvalue weighted by atomic mass is 16.5. The average Bonchev–Trinajstić information content (AvgIpc) is 2.11. The Morgan fingerprint density at radius 2 is 2.08 bits per heavy atom. The molecule has 0 radical (unpaired) electrons. The molecule has 0 bridgehead atoms. The van der Waals surface area contributed by atoms with Crippen molar-refractivity contribution < 1.29 is 9.47 Å². The molecule has 0 aromatic heterocycles. The lowest BCUT2D eigenvalue weighted by Crippen LogP contribution is -2.23. The fraction of sp³-hybridized carbons (Fsp3) is 0.889. The van der Waals surface area contributed by atoms with Crippen molar-refractivity contribution >= 4 is 0 Å². The molecule has 4 nitrogen and oxygen atoms in total. The van der Waals surface area contributed by atoms with Gasteiger partial charge in [0, 0.05) is 26.9 Å². The van der Waals surface area contributed by atoms with Crippen LogP contribution in [-0.4, -0.2) is 52.0 Å². The van der Waals surface area contributed by atoms with Crippen molar-refractivity contribution in [1.29, 1.82) is 5.26 Å². The average molecular weight is 186 g/mol. The third kappa shape index (κ3) is 9.28. The molecule has 0 rings (SSSR count). The summed E-state index contributed by atoms with van der Waals surface area (Å²) in [6.45, 7) is 3.42. The standard InChI is InChI=1S/C9H18N2O2/c1-11(5-4-10)6-9-13-8-3-7-12-2/h3,5-9H2,1-2H3. The maximum absolute atomic E-state index is 8.36. The van der Waals surface area contributed by atoms with Crippen LogP contribution in [0.3, 0.4) is 0 Å². The summed E-state index contributed by atoms with van der Waals surface area (Å²) in [4.78, 5) is 1.93. The van der Waals surface area contributed by atoms with E-state index in [1.54, 1.807) is 7.11 Å². The number of nitrogens with zero attached hydrogens (tertiary/aromatic N) is 2. The molecule has 0 fully saturated rings. The van der Waals surface area contributed by atoms with E-state index in [1.165, 1.54) is 0 Å². The van der Waals surface area contributed by atoms with Crippen LogP contribution in [0.4, 0.5) is 0 Å². The van der Waals surface area contributed by atoms with E-state index in [0.29, 0.717) is 13.2 Å². The van der Waals surface area contributed by atoms with Crippen LogP contribution in [0.5, 0.6) is 0 Å². The van der Waals surface area contributed by atoms with Gasteiger partial charge in [-0.3, -0.25) is 4.90 Å². The summed E-state index contributed by atoms with van der Waals surface area (Å²) in [5.41, 5.74) is 0. The van der Waals surface area contributed by atoms with Gasteiger partial charge >= 0.3 is 0 Å². The Morgan fingerprint density at radius 1 is 1.31 bits per heavy atom. The summed E-state index contributed by atoms with van der Waals surface area (Å²) < 4.78 is 10.2. The predicted molar refractivity (Wildman–Crippen MR) is 50.4 cm³/mol. The van der Waals surface area contributed by atoms with Gasteiger partial charge in [-0.1, -0.05) is 0 Å². The summed E-state index contributed by atoms with van der Waals surface area (Å²) in [5.74, 6) is 0. The molecule has 76 valence electrons. The van der Waals surface area contributed by atoms with Gasteiger partial charge in [-0.05, 0) is 13.5 Å². The molecule has 0 aliphatic rings. The van der Waals surface area contributed by atoms with Crippen LogP contribution in [-0.2, 0) is 9.47 Å². The highest BCUT2D eigenvalue weighted by Gasteiger charge is 1.95. The van der Waals surface area contributed by atoms with Gasteiger partial charge in [0.25, 0.3) is 0 Å². The van der Waals surface area contributed by atoms with Gasteiger partial charge in [0.05, 0.1) is 19.2 Å². The lowest BCUT2D eigenvalue weighted by atomic mass is 10.5. The van der Waals surface area contributed by atoms with Crippen LogP contribution in [0.1, 0.15) is 6.42 Å².